The summed E-state index contributed by atoms with van der Waals surface area (Å²) in [5.74, 6) is -0.546. The van der Waals surface area contributed by atoms with Crippen molar-refractivity contribution in [1.82, 2.24) is 25.0 Å². The van der Waals surface area contributed by atoms with Crippen LogP contribution < -0.4 is 11.1 Å². The molecule has 29 heavy (non-hydrogen) atoms. The molecule has 0 unspecified atom stereocenters. The fourth-order valence-electron chi connectivity index (χ4n) is 4.41. The van der Waals surface area contributed by atoms with E-state index in [0.717, 1.165) is 31.0 Å². The number of nitrogens with zero attached hydrogens (tertiary/aromatic N) is 4. The van der Waals surface area contributed by atoms with Crippen LogP contribution in [-0.2, 0) is 18.1 Å². The van der Waals surface area contributed by atoms with Gasteiger partial charge in [0.15, 0.2) is 0 Å². The van der Waals surface area contributed by atoms with E-state index in [1.165, 1.54) is 6.20 Å². The van der Waals surface area contributed by atoms with Gasteiger partial charge in [0.1, 0.15) is 5.82 Å². The second-order valence-electron chi connectivity index (χ2n) is 7.68. The molecule has 0 saturated carbocycles. The Morgan fingerprint density at radius 2 is 2.10 bits per heavy atom. The minimum Gasteiger partial charge on any atom is -0.383 e. The molecule has 3 N–H and O–H groups in total. The van der Waals surface area contributed by atoms with Crippen LogP contribution >= 0.6 is 0 Å². The van der Waals surface area contributed by atoms with E-state index >= 15 is 0 Å². The number of hydrogen-bond donors (Lipinski definition) is 2. The quantitative estimate of drug-likeness (QED) is 0.800. The van der Waals surface area contributed by atoms with Crippen molar-refractivity contribution in [3.63, 3.8) is 0 Å². The Hall–Kier alpha value is -2.78. The number of anilines is 1. The van der Waals surface area contributed by atoms with Crippen molar-refractivity contribution >= 4 is 11.8 Å². The highest BCUT2D eigenvalue weighted by Gasteiger charge is 2.45. The van der Waals surface area contributed by atoms with E-state index in [9.17, 15) is 18.0 Å². The minimum atomic E-state index is -4.58. The number of pyridine rings is 1. The second-order valence-corrected chi connectivity index (χ2v) is 7.68. The Kier molecular flexibility index (Phi) is 4.66. The molecule has 2 amide bonds. The molecule has 2 aliphatic rings. The number of carbonyl (C=O) groups excluding carboxylic acids is 1. The van der Waals surface area contributed by atoms with Crippen molar-refractivity contribution in [2.45, 2.75) is 44.3 Å². The van der Waals surface area contributed by atoms with E-state index in [0.29, 0.717) is 31.9 Å². The van der Waals surface area contributed by atoms with Gasteiger partial charge in [0.25, 0.3) is 0 Å². The van der Waals surface area contributed by atoms with Gasteiger partial charge in [-0.3, -0.25) is 4.68 Å². The number of amides is 2. The Morgan fingerprint density at radius 3 is 2.83 bits per heavy atom. The van der Waals surface area contributed by atoms with E-state index in [2.05, 4.69) is 15.4 Å². The molecule has 0 aromatic carbocycles. The molecular formula is C19H23F3N6O. The molecule has 0 radical (unpaired) electrons. The number of nitrogens with two attached hydrogens (primary N) is 1. The monoisotopic (exact) mass is 408 g/mol. The summed E-state index contributed by atoms with van der Waals surface area (Å²) in [6, 6.07) is 2.76. The van der Waals surface area contributed by atoms with Gasteiger partial charge in [0.2, 0.25) is 0 Å². The van der Waals surface area contributed by atoms with Crippen molar-refractivity contribution in [1.29, 1.82) is 0 Å². The molecule has 0 bridgehead atoms. The Bertz CT molecular complexity index is 941. The van der Waals surface area contributed by atoms with Crippen molar-refractivity contribution in [3.05, 3.63) is 29.6 Å². The van der Waals surface area contributed by atoms with Gasteiger partial charge in [-0.15, -0.1) is 0 Å². The number of hydrogen-bond acceptors (Lipinski definition) is 4. The summed E-state index contributed by atoms with van der Waals surface area (Å²) < 4.78 is 41.5. The lowest BCUT2D eigenvalue weighted by atomic mass is 9.77. The lowest BCUT2D eigenvalue weighted by Gasteiger charge is -2.34. The fraction of sp³-hybridized carbons (Fsp3) is 0.526. The summed E-state index contributed by atoms with van der Waals surface area (Å²) in [6.45, 7) is 4.37. The number of urea groups is 1. The fourth-order valence-corrected chi connectivity index (χ4v) is 4.41. The number of carbonyl (C=O) groups is 1. The van der Waals surface area contributed by atoms with E-state index in [1.54, 1.807) is 4.90 Å². The highest BCUT2D eigenvalue weighted by Crippen LogP contribution is 2.43. The average molecular weight is 408 g/mol. The van der Waals surface area contributed by atoms with Crippen molar-refractivity contribution < 1.29 is 18.0 Å². The van der Waals surface area contributed by atoms with E-state index in [4.69, 9.17) is 5.73 Å². The molecule has 2 aromatic heterocycles. The SMILES string of the molecule is CCNC(=O)N1CC[C@]2(CCCn3nc(-c4cnc(N)c(C(F)(F)F)c4)cc32)C1. The molecule has 1 spiro atoms. The zero-order valence-electron chi connectivity index (χ0n) is 16.1. The first-order chi connectivity index (χ1) is 13.7. The molecule has 4 rings (SSSR count). The zero-order valence-corrected chi connectivity index (χ0v) is 16.1. The van der Waals surface area contributed by atoms with Crippen LogP contribution in [0.25, 0.3) is 11.3 Å². The lowest BCUT2D eigenvalue weighted by molar-refractivity contribution is -0.137. The van der Waals surface area contributed by atoms with Crippen LogP contribution in [0.5, 0.6) is 0 Å². The van der Waals surface area contributed by atoms with Gasteiger partial charge in [-0.25, -0.2) is 9.78 Å². The van der Waals surface area contributed by atoms with E-state index in [1.807, 2.05) is 17.7 Å². The number of aryl methyl sites for hydroxylation is 1. The Balaban J connectivity index is 1.68. The lowest BCUT2D eigenvalue weighted by Crippen LogP contribution is -2.42. The Labute approximate surface area is 166 Å². The van der Waals surface area contributed by atoms with Gasteiger partial charge >= 0.3 is 12.2 Å². The molecule has 1 saturated heterocycles. The van der Waals surface area contributed by atoms with Crippen molar-refractivity contribution in [3.8, 4) is 11.3 Å². The van der Waals surface area contributed by atoms with Gasteiger partial charge in [-0.05, 0) is 38.3 Å². The predicted octanol–water partition coefficient (Wildman–Crippen LogP) is 3.01. The number of alkyl halides is 3. The van der Waals surface area contributed by atoms with Crippen molar-refractivity contribution in [2.24, 2.45) is 0 Å². The van der Waals surface area contributed by atoms with Crippen molar-refractivity contribution in [2.75, 3.05) is 25.4 Å². The molecule has 1 fully saturated rings. The molecule has 2 aromatic rings. The standard InChI is InChI=1S/C19H23F3N6O/c1-2-24-17(29)27-7-5-18(11-27)4-3-6-28-15(18)9-14(26-28)12-8-13(19(20,21)22)16(23)25-10-12/h8-10H,2-7,11H2,1H3,(H2,23,25)(H,24,29)/t18-/m1/s1. The van der Waals surface area contributed by atoms with Gasteiger partial charge in [0, 0.05) is 49.0 Å². The van der Waals surface area contributed by atoms with Gasteiger partial charge in [-0.2, -0.15) is 18.3 Å². The molecule has 7 nitrogen and oxygen atoms in total. The average Bonchev–Trinajstić information content (AvgIpc) is 3.28. The summed E-state index contributed by atoms with van der Waals surface area (Å²) in [6.07, 6.45) is -0.621. The van der Waals surface area contributed by atoms with Crippen LogP contribution in [0.4, 0.5) is 23.8 Å². The van der Waals surface area contributed by atoms with Gasteiger partial charge in [-0.1, -0.05) is 0 Å². The third kappa shape index (κ3) is 3.40. The predicted molar refractivity (Wildman–Crippen MR) is 101 cm³/mol. The van der Waals surface area contributed by atoms with Gasteiger partial charge in [0.05, 0.1) is 11.3 Å². The smallest absolute Gasteiger partial charge is 0.383 e. The maximum absolute atomic E-state index is 13.2. The summed E-state index contributed by atoms with van der Waals surface area (Å²) in [7, 11) is 0. The summed E-state index contributed by atoms with van der Waals surface area (Å²) in [5, 5.41) is 7.38. The topological polar surface area (TPSA) is 89.1 Å². The van der Waals surface area contributed by atoms with Crippen LogP contribution in [0.15, 0.2) is 18.3 Å². The zero-order chi connectivity index (χ0) is 20.8. The second kappa shape index (κ2) is 6.93. The third-order valence-corrected chi connectivity index (χ3v) is 5.84. The number of halogens is 3. The van der Waals surface area contributed by atoms with Crippen LogP contribution in [0.3, 0.4) is 0 Å². The number of likely N-dealkylation sites (tertiary alicyclic amines) is 1. The minimum absolute atomic E-state index is 0.0845. The normalized spacial score (nSPS) is 21.4. The number of nitrogens with one attached hydrogen (secondary N) is 1. The maximum Gasteiger partial charge on any atom is 0.419 e. The molecule has 10 heteroatoms. The summed E-state index contributed by atoms with van der Waals surface area (Å²) >= 11 is 0. The number of nitrogen functional groups attached to an aromatic ring is 1. The molecular weight excluding hydrogens is 385 g/mol. The number of fused-ring (bicyclic) bond motifs is 2. The largest absolute Gasteiger partial charge is 0.419 e. The van der Waals surface area contributed by atoms with Gasteiger partial charge < -0.3 is 16.0 Å². The van der Waals surface area contributed by atoms with Crippen LogP contribution in [0.1, 0.15) is 37.4 Å². The highest BCUT2D eigenvalue weighted by molar-refractivity contribution is 5.74. The van der Waals surface area contributed by atoms with Crippen LogP contribution in [0, 0.1) is 0 Å². The number of aromatic nitrogens is 3. The molecule has 0 aliphatic carbocycles. The van der Waals surface area contributed by atoms with Crippen LogP contribution in [-0.4, -0.2) is 45.3 Å². The molecule has 4 heterocycles. The maximum atomic E-state index is 13.2. The summed E-state index contributed by atoms with van der Waals surface area (Å²) in [5.41, 5.74) is 5.92. The van der Waals surface area contributed by atoms with E-state index < -0.39 is 17.6 Å². The first-order valence-electron chi connectivity index (χ1n) is 9.68. The van der Waals surface area contributed by atoms with Crippen LogP contribution in [0.2, 0.25) is 0 Å². The molecule has 2 aliphatic heterocycles. The molecule has 156 valence electrons. The number of rotatable bonds is 2. The highest BCUT2D eigenvalue weighted by atomic mass is 19.4. The van der Waals surface area contributed by atoms with E-state index in [-0.39, 0.29) is 17.0 Å². The Morgan fingerprint density at radius 1 is 1.31 bits per heavy atom. The first kappa shape index (κ1) is 19.5. The molecule has 1 atom stereocenters. The first-order valence-corrected chi connectivity index (χ1v) is 9.68. The summed E-state index contributed by atoms with van der Waals surface area (Å²) in [4.78, 5) is 17.8. The third-order valence-electron chi connectivity index (χ3n) is 5.84.